The fraction of sp³-hybridized carbons (Fsp3) is 1.00. The molecular formula is C2H9F2KN2O4S. The van der Waals surface area contributed by atoms with Crippen molar-refractivity contribution in [2.24, 2.45) is 5.73 Å². The van der Waals surface area contributed by atoms with Crippen molar-refractivity contribution in [1.82, 2.24) is 5.54 Å². The molecule has 0 bridgehead atoms. The quantitative estimate of drug-likeness (QED) is 0.194. The Balaban J connectivity index is -0.0000000457. The number of nitrogens with one attached hydrogen (secondary N) is 1. The molecule has 0 radical (unpaired) electrons. The number of nitrogens with two attached hydrogens (primary N) is 1. The molecule has 0 atom stereocenters. The predicted octanol–water partition coefficient (Wildman–Crippen LogP) is -3.99. The van der Waals surface area contributed by atoms with Crippen molar-refractivity contribution in [3.8, 4) is 0 Å². The molecule has 5 N–H and O–H groups in total. The van der Waals surface area contributed by atoms with Crippen LogP contribution in [0.3, 0.4) is 0 Å². The maximum atomic E-state index is 10.7. The molecule has 0 aliphatic rings. The molecule has 72 valence electrons. The van der Waals surface area contributed by atoms with Crippen molar-refractivity contribution >= 4 is 10.5 Å². The standard InChI is InChI=1S/C2H7FN2.FHO3S.K.H2O/c3-5-2-1-4;1-5(2,3)4;;/h5H,1-2,4H2;(H,2,3,4);;1H2/q;;+1;/p-1. The third kappa shape index (κ3) is 111. The molecule has 0 aromatic heterocycles. The molecule has 0 unspecified atom stereocenters. The Hall–Kier alpha value is 1.29. The molecule has 0 saturated heterocycles. The third-order valence-electron chi connectivity index (χ3n) is 0.239. The van der Waals surface area contributed by atoms with Gasteiger partial charge in [0.25, 0.3) is 0 Å². The Labute approximate surface area is 112 Å². The summed E-state index contributed by atoms with van der Waals surface area (Å²) >= 11 is 0. The Morgan fingerprint density at radius 3 is 1.75 bits per heavy atom. The van der Waals surface area contributed by atoms with Crippen LogP contribution in [-0.4, -0.2) is 31.5 Å². The fourth-order valence-corrected chi connectivity index (χ4v) is 0.0546. The van der Waals surface area contributed by atoms with Crippen LogP contribution in [0, 0.1) is 0 Å². The molecular weight excluding hydrogens is 225 g/mol. The predicted molar refractivity (Wildman–Crippen MR) is 32.8 cm³/mol. The van der Waals surface area contributed by atoms with Gasteiger partial charge in [-0.25, -0.2) is 0 Å². The van der Waals surface area contributed by atoms with E-state index in [1.807, 2.05) is 0 Å². The first kappa shape index (κ1) is 23.3. The molecule has 0 aromatic carbocycles. The van der Waals surface area contributed by atoms with E-state index in [-0.39, 0.29) is 63.4 Å². The monoisotopic (exact) mass is 234 g/mol. The summed E-state index contributed by atoms with van der Waals surface area (Å²) in [6, 6.07) is 0. The number of rotatable bonds is 2. The normalized spacial score (nSPS) is 8.33. The summed E-state index contributed by atoms with van der Waals surface area (Å²) in [4.78, 5) is 0. The van der Waals surface area contributed by atoms with Crippen molar-refractivity contribution in [3.05, 3.63) is 0 Å². The summed E-state index contributed by atoms with van der Waals surface area (Å²) < 4.78 is 44.7. The van der Waals surface area contributed by atoms with E-state index in [9.17, 15) is 8.37 Å². The first-order valence-electron chi connectivity index (χ1n) is 2.12. The molecule has 10 heteroatoms. The van der Waals surface area contributed by atoms with Gasteiger partial charge in [0.1, 0.15) is 0 Å². The summed E-state index contributed by atoms with van der Waals surface area (Å²) in [5.74, 6) is 0. The molecule has 0 rings (SSSR count). The molecule has 0 saturated carbocycles. The zero-order valence-electron chi connectivity index (χ0n) is 6.37. The molecule has 0 amide bonds. The van der Waals surface area contributed by atoms with E-state index < -0.39 is 10.5 Å². The molecule has 0 aliphatic heterocycles. The Morgan fingerprint density at radius 2 is 1.75 bits per heavy atom. The average Bonchev–Trinajstić information content (AvgIpc) is 1.63. The van der Waals surface area contributed by atoms with Crippen LogP contribution in [0.5, 0.6) is 0 Å². The maximum absolute atomic E-state index is 10.7. The van der Waals surface area contributed by atoms with Gasteiger partial charge in [0.05, 0.1) is 0 Å². The van der Waals surface area contributed by atoms with E-state index in [2.05, 4.69) is 0 Å². The minimum atomic E-state index is -5.17. The molecule has 0 aliphatic carbocycles. The Kier molecular flexibility index (Phi) is 28.7. The molecule has 0 heterocycles. The molecule has 0 fully saturated rings. The van der Waals surface area contributed by atoms with Crippen LogP contribution in [0.4, 0.5) is 8.37 Å². The molecule has 6 nitrogen and oxygen atoms in total. The Morgan fingerprint density at radius 1 is 1.50 bits per heavy atom. The average molecular weight is 234 g/mol. The first-order valence-corrected chi connectivity index (χ1v) is 3.46. The van der Waals surface area contributed by atoms with E-state index in [0.29, 0.717) is 6.54 Å². The van der Waals surface area contributed by atoms with Crippen molar-refractivity contribution in [2.75, 3.05) is 13.1 Å². The van der Waals surface area contributed by atoms with Crippen LogP contribution in [0.15, 0.2) is 0 Å². The minimum absolute atomic E-state index is 0. The first-order chi connectivity index (χ1) is 4.41. The second-order valence-electron chi connectivity index (χ2n) is 1.08. The van der Waals surface area contributed by atoms with Crippen LogP contribution in [-0.2, 0) is 10.5 Å². The largest absolute Gasteiger partial charge is 1.00 e. The summed E-state index contributed by atoms with van der Waals surface area (Å²) in [5.41, 5.74) is 6.23. The Bertz CT molecular complexity index is 143. The minimum Gasteiger partial charge on any atom is -0.870 e. The third-order valence-corrected chi connectivity index (χ3v) is 0.239. The van der Waals surface area contributed by atoms with Crippen LogP contribution >= 0.6 is 0 Å². The van der Waals surface area contributed by atoms with Gasteiger partial charge in [-0.15, -0.1) is 4.48 Å². The topological polar surface area (TPSA) is 122 Å². The number of halogens is 2. The van der Waals surface area contributed by atoms with Gasteiger partial charge in [-0.2, -0.15) is 14.0 Å². The van der Waals surface area contributed by atoms with Crippen molar-refractivity contribution < 1.29 is 78.2 Å². The van der Waals surface area contributed by atoms with Gasteiger partial charge in [0, 0.05) is 13.1 Å². The van der Waals surface area contributed by atoms with Gasteiger partial charge >= 0.3 is 61.9 Å². The zero-order chi connectivity index (χ0) is 8.62. The smallest absolute Gasteiger partial charge is 0.870 e. The summed E-state index contributed by atoms with van der Waals surface area (Å²) in [7, 11) is -5.17. The second kappa shape index (κ2) is 14.8. The van der Waals surface area contributed by atoms with E-state index in [0.717, 1.165) is 0 Å². The van der Waals surface area contributed by atoms with Gasteiger partial charge < -0.3 is 11.2 Å². The van der Waals surface area contributed by atoms with Crippen LogP contribution < -0.4 is 62.7 Å². The van der Waals surface area contributed by atoms with Gasteiger partial charge in [-0.3, -0.25) is 4.55 Å². The van der Waals surface area contributed by atoms with E-state index in [1.54, 1.807) is 0 Å². The second-order valence-corrected chi connectivity index (χ2v) is 1.91. The van der Waals surface area contributed by atoms with Gasteiger partial charge in [0.2, 0.25) is 0 Å². The summed E-state index contributed by atoms with van der Waals surface area (Å²) in [6.07, 6.45) is 0. The summed E-state index contributed by atoms with van der Waals surface area (Å²) in [6.45, 7) is 0.608. The van der Waals surface area contributed by atoms with Crippen LogP contribution in [0.25, 0.3) is 0 Å². The van der Waals surface area contributed by atoms with Crippen LogP contribution in [0.2, 0.25) is 0 Å². The van der Waals surface area contributed by atoms with Gasteiger partial charge in [-0.05, 0) is 0 Å². The van der Waals surface area contributed by atoms with E-state index in [1.165, 1.54) is 5.54 Å². The van der Waals surface area contributed by atoms with Crippen LogP contribution in [0.1, 0.15) is 0 Å². The van der Waals surface area contributed by atoms with E-state index >= 15 is 0 Å². The number of hydrogen-bond acceptors (Lipinski definition) is 5. The number of hydrogen-bond donors (Lipinski definition) is 3. The fourth-order valence-electron chi connectivity index (χ4n) is 0.0546. The van der Waals surface area contributed by atoms with E-state index in [4.69, 9.17) is 18.7 Å². The SMILES string of the molecule is NCCNF.O=S(=O)(O)F.[K+].[OH-]. The zero-order valence-corrected chi connectivity index (χ0v) is 10.3. The van der Waals surface area contributed by atoms with Crippen molar-refractivity contribution in [2.45, 2.75) is 0 Å². The van der Waals surface area contributed by atoms with Gasteiger partial charge in [-0.1, -0.05) is 3.89 Å². The molecule has 12 heavy (non-hydrogen) atoms. The van der Waals surface area contributed by atoms with Crippen molar-refractivity contribution in [1.29, 1.82) is 0 Å². The summed E-state index contributed by atoms with van der Waals surface area (Å²) in [5, 5.41) is 0. The van der Waals surface area contributed by atoms with Gasteiger partial charge in [0.15, 0.2) is 0 Å². The van der Waals surface area contributed by atoms with Crippen molar-refractivity contribution in [3.63, 3.8) is 0 Å². The molecule has 0 spiro atoms. The molecule has 0 aromatic rings. The maximum Gasteiger partial charge on any atom is 1.00 e.